The third-order valence-corrected chi connectivity index (χ3v) is 4.99. The first-order valence-corrected chi connectivity index (χ1v) is 7.06. The summed E-state index contributed by atoms with van der Waals surface area (Å²) in [5, 5.41) is 0.966. The van der Waals surface area contributed by atoms with Gasteiger partial charge in [-0.05, 0) is 33.1 Å². The van der Waals surface area contributed by atoms with E-state index in [1.54, 1.807) is 11.3 Å². The Labute approximate surface area is 105 Å². The monoisotopic (exact) mass is 251 g/mol. The van der Waals surface area contributed by atoms with Gasteiger partial charge in [0, 0.05) is 10.8 Å². The largest absolute Gasteiger partial charge is 0.374 e. The molecule has 2 saturated heterocycles. The van der Waals surface area contributed by atoms with Gasteiger partial charge < -0.3 is 4.74 Å². The van der Waals surface area contributed by atoms with Gasteiger partial charge in [-0.2, -0.15) is 0 Å². The molecule has 0 aliphatic carbocycles. The first-order valence-electron chi connectivity index (χ1n) is 6.24. The molecule has 3 heterocycles. The molecule has 0 aromatic carbocycles. The van der Waals surface area contributed by atoms with E-state index in [1.165, 1.54) is 4.88 Å². The van der Waals surface area contributed by atoms with Crippen molar-refractivity contribution in [3.05, 3.63) is 15.6 Å². The second kappa shape index (κ2) is 4.18. The Balaban J connectivity index is 1.67. The van der Waals surface area contributed by atoms with Crippen LogP contribution in [0.5, 0.6) is 0 Å². The predicted octanol–water partition coefficient (Wildman–Crippen LogP) is 2.44. The normalized spacial score (nSPS) is 31.1. The maximum Gasteiger partial charge on any atom is 0.145 e. The van der Waals surface area contributed by atoms with Crippen molar-refractivity contribution in [1.29, 1.82) is 0 Å². The van der Waals surface area contributed by atoms with Gasteiger partial charge in [0.25, 0.3) is 0 Å². The highest BCUT2D eigenvalue weighted by Gasteiger charge is 2.44. The van der Waals surface area contributed by atoms with E-state index in [0.717, 1.165) is 30.0 Å². The third-order valence-electron chi connectivity index (χ3n) is 3.92. The van der Waals surface area contributed by atoms with Crippen LogP contribution in [-0.4, -0.2) is 23.0 Å². The number of hydrogen-bond donors (Lipinski definition) is 0. The highest BCUT2D eigenvalue weighted by Crippen LogP contribution is 2.39. The molecule has 17 heavy (non-hydrogen) atoms. The molecule has 3 unspecified atom stereocenters. The van der Waals surface area contributed by atoms with Gasteiger partial charge in [-0.15, -0.1) is 11.3 Å². The summed E-state index contributed by atoms with van der Waals surface area (Å²) in [5.74, 6) is 0.462. The summed E-state index contributed by atoms with van der Waals surface area (Å²) >= 11 is 1.65. The number of carbonyl (C=O) groups is 1. The molecule has 3 nitrogen and oxygen atoms in total. The minimum absolute atomic E-state index is 0.137. The summed E-state index contributed by atoms with van der Waals surface area (Å²) in [5.41, 5.74) is 1.06. The zero-order chi connectivity index (χ0) is 12.0. The highest BCUT2D eigenvalue weighted by molar-refractivity contribution is 7.11. The Hall–Kier alpha value is -0.740. The number of nitrogens with zero attached hydrogens (tertiary/aromatic N) is 1. The minimum Gasteiger partial charge on any atom is -0.374 e. The number of rotatable bonds is 3. The molecule has 0 radical (unpaired) electrons. The summed E-state index contributed by atoms with van der Waals surface area (Å²) in [6, 6.07) is 0. The molecule has 2 fully saturated rings. The van der Waals surface area contributed by atoms with E-state index in [9.17, 15) is 4.79 Å². The van der Waals surface area contributed by atoms with Crippen LogP contribution in [0.15, 0.2) is 0 Å². The van der Waals surface area contributed by atoms with Crippen molar-refractivity contribution in [2.45, 2.75) is 51.7 Å². The molecule has 0 N–H and O–H groups in total. The average Bonchev–Trinajstić information content (AvgIpc) is 2.95. The van der Waals surface area contributed by atoms with Crippen molar-refractivity contribution in [1.82, 2.24) is 4.98 Å². The van der Waals surface area contributed by atoms with Crippen molar-refractivity contribution in [3.8, 4) is 0 Å². The topological polar surface area (TPSA) is 39.2 Å². The smallest absolute Gasteiger partial charge is 0.145 e. The first kappa shape index (κ1) is 11.4. The number of fused-ring (bicyclic) bond motifs is 2. The van der Waals surface area contributed by atoms with Gasteiger partial charge >= 0.3 is 0 Å². The lowest BCUT2D eigenvalue weighted by molar-refractivity contribution is -0.123. The number of aromatic nitrogens is 1. The fourth-order valence-electron chi connectivity index (χ4n) is 2.87. The van der Waals surface area contributed by atoms with Gasteiger partial charge in [0.2, 0.25) is 0 Å². The fourth-order valence-corrected chi connectivity index (χ4v) is 3.82. The maximum absolute atomic E-state index is 12.2. The van der Waals surface area contributed by atoms with Crippen LogP contribution in [0.2, 0.25) is 0 Å². The summed E-state index contributed by atoms with van der Waals surface area (Å²) in [4.78, 5) is 17.9. The van der Waals surface area contributed by atoms with E-state index in [-0.39, 0.29) is 12.0 Å². The van der Waals surface area contributed by atoms with Crippen LogP contribution in [-0.2, 0) is 16.0 Å². The number of hydrogen-bond acceptors (Lipinski definition) is 4. The van der Waals surface area contributed by atoms with Crippen LogP contribution in [0, 0.1) is 19.8 Å². The van der Waals surface area contributed by atoms with Gasteiger partial charge in [0.15, 0.2) is 0 Å². The Bertz CT molecular complexity index is 435. The Morgan fingerprint density at radius 1 is 1.47 bits per heavy atom. The van der Waals surface area contributed by atoms with Crippen molar-refractivity contribution in [2.75, 3.05) is 0 Å². The molecule has 0 saturated carbocycles. The third kappa shape index (κ3) is 2.04. The second-order valence-corrected chi connectivity index (χ2v) is 6.40. The molecule has 0 spiro atoms. The summed E-state index contributed by atoms with van der Waals surface area (Å²) < 4.78 is 5.73. The molecule has 3 rings (SSSR count). The standard InChI is InChI=1S/C13H17NO2S/c1-7-8(2)17-13(14-7)6-11(15)10-5-9-3-4-12(10)16-9/h9-10,12H,3-6H2,1-2H3. The molecule has 92 valence electrons. The lowest BCUT2D eigenvalue weighted by Gasteiger charge is -2.16. The Morgan fingerprint density at radius 2 is 2.29 bits per heavy atom. The molecule has 1 aromatic rings. The molecule has 4 heteroatoms. The summed E-state index contributed by atoms with van der Waals surface area (Å²) in [7, 11) is 0. The average molecular weight is 251 g/mol. The van der Waals surface area contributed by atoms with Crippen LogP contribution < -0.4 is 0 Å². The van der Waals surface area contributed by atoms with Crippen LogP contribution >= 0.6 is 11.3 Å². The Morgan fingerprint density at radius 3 is 2.82 bits per heavy atom. The molecule has 3 atom stereocenters. The highest BCUT2D eigenvalue weighted by atomic mass is 32.1. The number of thiazole rings is 1. The molecule has 1 aromatic heterocycles. The second-order valence-electron chi connectivity index (χ2n) is 5.11. The van der Waals surface area contributed by atoms with Crippen molar-refractivity contribution in [3.63, 3.8) is 0 Å². The zero-order valence-electron chi connectivity index (χ0n) is 10.2. The van der Waals surface area contributed by atoms with Crippen LogP contribution in [0.25, 0.3) is 0 Å². The lowest BCUT2D eigenvalue weighted by atomic mass is 9.85. The van der Waals surface area contributed by atoms with E-state index >= 15 is 0 Å². The Kier molecular flexibility index (Phi) is 2.79. The minimum atomic E-state index is 0.137. The van der Waals surface area contributed by atoms with E-state index in [1.807, 2.05) is 6.92 Å². The van der Waals surface area contributed by atoms with Crippen molar-refractivity contribution >= 4 is 17.1 Å². The number of ether oxygens (including phenoxy) is 1. The number of ketones is 1. The van der Waals surface area contributed by atoms with Crippen molar-refractivity contribution < 1.29 is 9.53 Å². The van der Waals surface area contributed by atoms with Gasteiger partial charge in [-0.1, -0.05) is 0 Å². The van der Waals surface area contributed by atoms with Crippen molar-refractivity contribution in [2.24, 2.45) is 5.92 Å². The maximum atomic E-state index is 12.2. The molecule has 0 amide bonds. The van der Waals surface area contributed by atoms with E-state index in [0.29, 0.717) is 18.3 Å². The van der Waals surface area contributed by atoms with Gasteiger partial charge in [-0.3, -0.25) is 4.79 Å². The number of aryl methyl sites for hydroxylation is 2. The lowest BCUT2D eigenvalue weighted by Crippen LogP contribution is -2.26. The molecule has 2 bridgehead atoms. The van der Waals surface area contributed by atoms with Gasteiger partial charge in [0.05, 0.1) is 24.3 Å². The molecular formula is C13H17NO2S. The van der Waals surface area contributed by atoms with Gasteiger partial charge in [0.1, 0.15) is 10.8 Å². The zero-order valence-corrected chi connectivity index (χ0v) is 11.0. The number of Topliss-reactive ketones (excluding diaryl/α,β-unsaturated/α-hetero) is 1. The molecule has 2 aliphatic rings. The van der Waals surface area contributed by atoms with Crippen LogP contribution in [0.1, 0.15) is 34.8 Å². The predicted molar refractivity (Wildman–Crippen MR) is 66.3 cm³/mol. The van der Waals surface area contributed by atoms with Crippen LogP contribution in [0.4, 0.5) is 0 Å². The quantitative estimate of drug-likeness (QED) is 0.828. The number of carbonyl (C=O) groups excluding carboxylic acids is 1. The van der Waals surface area contributed by atoms with Crippen LogP contribution in [0.3, 0.4) is 0 Å². The first-order chi connectivity index (χ1) is 8.13. The molecular weight excluding hydrogens is 234 g/mol. The molecule has 2 aliphatic heterocycles. The van der Waals surface area contributed by atoms with E-state index in [2.05, 4.69) is 11.9 Å². The fraction of sp³-hybridized carbons (Fsp3) is 0.692. The van der Waals surface area contributed by atoms with E-state index in [4.69, 9.17) is 4.74 Å². The summed E-state index contributed by atoms with van der Waals surface area (Å²) in [6.07, 6.45) is 4.20. The van der Waals surface area contributed by atoms with E-state index < -0.39 is 0 Å². The van der Waals surface area contributed by atoms with Gasteiger partial charge in [-0.25, -0.2) is 4.98 Å². The SMILES string of the molecule is Cc1nc(CC(=O)C2CC3CCC2O3)sc1C. The summed E-state index contributed by atoms with van der Waals surface area (Å²) in [6.45, 7) is 4.06.